The van der Waals surface area contributed by atoms with Crippen molar-refractivity contribution >= 4 is 0 Å². The molecule has 4 aliphatic carbocycles. The van der Waals surface area contributed by atoms with Gasteiger partial charge in [-0.05, 0) is 56.3 Å². The normalized spacial score (nSPS) is 49.3. The molecule has 2 saturated carbocycles. The zero-order valence-electron chi connectivity index (χ0n) is 12.8. The van der Waals surface area contributed by atoms with E-state index in [1.54, 1.807) is 0 Å². The molecule has 0 aromatic heterocycles. The third-order valence-corrected chi connectivity index (χ3v) is 7.43. The van der Waals surface area contributed by atoms with Gasteiger partial charge in [0.05, 0.1) is 5.60 Å². The summed E-state index contributed by atoms with van der Waals surface area (Å²) in [6.45, 7) is 8.21. The van der Waals surface area contributed by atoms with E-state index >= 15 is 0 Å². The van der Waals surface area contributed by atoms with Crippen LogP contribution in [0.15, 0.2) is 49.6 Å². The minimum absolute atomic E-state index is 0.00558. The van der Waals surface area contributed by atoms with Crippen molar-refractivity contribution in [3.63, 3.8) is 0 Å². The predicted octanol–water partition coefficient (Wildman–Crippen LogP) is 4.42. The van der Waals surface area contributed by atoms with Gasteiger partial charge in [-0.1, -0.05) is 36.5 Å². The average Bonchev–Trinajstić information content (AvgIpc) is 3.13. The fourth-order valence-electron chi connectivity index (χ4n) is 6.54. The van der Waals surface area contributed by atoms with E-state index in [2.05, 4.69) is 49.6 Å². The molecule has 0 aromatic carbocycles. The third-order valence-electron chi connectivity index (χ3n) is 7.43. The van der Waals surface area contributed by atoms with Crippen molar-refractivity contribution in [3.8, 4) is 0 Å². The maximum absolute atomic E-state index is 12.0. The molecule has 112 valence electrons. The molecule has 1 nitrogen and oxygen atoms in total. The van der Waals surface area contributed by atoms with Crippen LogP contribution in [0.4, 0.5) is 0 Å². The molecule has 2 fully saturated rings. The van der Waals surface area contributed by atoms with Gasteiger partial charge in [0.25, 0.3) is 0 Å². The van der Waals surface area contributed by atoms with E-state index in [0.717, 1.165) is 38.5 Å². The highest BCUT2D eigenvalue weighted by Gasteiger charge is 2.74. The first kappa shape index (κ1) is 13.6. The Morgan fingerprint density at radius 2 is 1.62 bits per heavy atom. The summed E-state index contributed by atoms with van der Waals surface area (Å²) >= 11 is 0. The Labute approximate surface area is 128 Å². The van der Waals surface area contributed by atoms with Crippen molar-refractivity contribution in [1.82, 2.24) is 0 Å². The fraction of sp³-hybridized carbons (Fsp3) is 0.600. The van der Waals surface area contributed by atoms with Gasteiger partial charge >= 0.3 is 0 Å². The molecule has 4 aliphatic rings. The lowest BCUT2D eigenvalue weighted by atomic mass is 9.55. The van der Waals surface area contributed by atoms with E-state index in [4.69, 9.17) is 0 Å². The molecule has 0 aromatic rings. The molecule has 0 aliphatic heterocycles. The number of hydrogen-bond donors (Lipinski definition) is 1. The Kier molecular flexibility index (Phi) is 2.73. The zero-order chi connectivity index (χ0) is 14.7. The fourth-order valence-corrected chi connectivity index (χ4v) is 6.54. The van der Waals surface area contributed by atoms with Gasteiger partial charge in [0.15, 0.2) is 0 Å². The van der Waals surface area contributed by atoms with E-state index in [1.165, 1.54) is 0 Å². The largest absolute Gasteiger partial charge is 0.388 e. The Balaban J connectivity index is 1.90. The minimum Gasteiger partial charge on any atom is -0.388 e. The maximum atomic E-state index is 12.0. The second-order valence-corrected chi connectivity index (χ2v) is 7.73. The third kappa shape index (κ3) is 1.33. The molecule has 0 unspecified atom stereocenters. The lowest BCUT2D eigenvalue weighted by molar-refractivity contribution is -0.148. The van der Waals surface area contributed by atoms with Crippen molar-refractivity contribution in [1.29, 1.82) is 0 Å². The van der Waals surface area contributed by atoms with Gasteiger partial charge in [-0.15, -0.1) is 13.2 Å². The molecule has 21 heavy (non-hydrogen) atoms. The van der Waals surface area contributed by atoms with Gasteiger partial charge in [0, 0.05) is 10.8 Å². The van der Waals surface area contributed by atoms with Crippen LogP contribution in [-0.2, 0) is 0 Å². The first-order valence-corrected chi connectivity index (χ1v) is 8.41. The highest BCUT2D eigenvalue weighted by atomic mass is 16.3. The summed E-state index contributed by atoms with van der Waals surface area (Å²) in [6, 6.07) is 0. The van der Waals surface area contributed by atoms with Crippen LogP contribution >= 0.6 is 0 Å². The summed E-state index contributed by atoms with van der Waals surface area (Å²) < 4.78 is 0. The molecule has 1 N–H and O–H groups in total. The first-order valence-electron chi connectivity index (χ1n) is 8.41. The number of hydrogen-bond acceptors (Lipinski definition) is 1. The average molecular weight is 282 g/mol. The Morgan fingerprint density at radius 1 is 0.952 bits per heavy atom. The van der Waals surface area contributed by atoms with E-state index in [-0.39, 0.29) is 10.8 Å². The van der Waals surface area contributed by atoms with E-state index in [9.17, 15) is 5.11 Å². The van der Waals surface area contributed by atoms with Crippen LogP contribution < -0.4 is 0 Å². The van der Waals surface area contributed by atoms with Gasteiger partial charge in [0.1, 0.15) is 0 Å². The molecular weight excluding hydrogens is 256 g/mol. The van der Waals surface area contributed by atoms with Crippen LogP contribution in [0, 0.1) is 28.6 Å². The van der Waals surface area contributed by atoms with Crippen LogP contribution in [0.5, 0.6) is 0 Å². The van der Waals surface area contributed by atoms with Crippen LogP contribution in [0.3, 0.4) is 0 Å². The SMILES string of the molecule is C=C[C@@H]1C[C@H](C=C)[C@]23CC=CC[C@@]2(O)C2(CC=CC2)C[C@H]13. The van der Waals surface area contributed by atoms with Crippen LogP contribution in [0.25, 0.3) is 0 Å². The lowest BCUT2D eigenvalue weighted by Gasteiger charge is -2.53. The molecule has 0 bridgehead atoms. The quantitative estimate of drug-likeness (QED) is 0.743. The summed E-state index contributed by atoms with van der Waals surface area (Å²) in [7, 11) is 0. The van der Waals surface area contributed by atoms with E-state index in [0.29, 0.717) is 17.8 Å². The van der Waals surface area contributed by atoms with Crippen molar-refractivity contribution in [2.24, 2.45) is 28.6 Å². The molecule has 2 spiro atoms. The number of aliphatic hydroxyl groups is 1. The van der Waals surface area contributed by atoms with Gasteiger partial charge in [-0.2, -0.15) is 0 Å². The van der Waals surface area contributed by atoms with Crippen molar-refractivity contribution < 1.29 is 5.11 Å². The van der Waals surface area contributed by atoms with Crippen LogP contribution in [0.2, 0.25) is 0 Å². The monoisotopic (exact) mass is 282 g/mol. The van der Waals surface area contributed by atoms with Crippen molar-refractivity contribution in [3.05, 3.63) is 49.6 Å². The molecule has 0 saturated heterocycles. The van der Waals surface area contributed by atoms with Crippen molar-refractivity contribution in [2.75, 3.05) is 0 Å². The standard InChI is InChI=1S/C20H26O/c1-3-15-13-16(4-2)19-11-7-8-12-20(19,21)18(14-17(15)19)9-5-6-10-18/h3-8,15-17,21H,1-2,9-14H2/t15-,16+,17-,19+,20-/m1/s1. The highest BCUT2D eigenvalue weighted by molar-refractivity contribution is 5.33. The molecule has 0 amide bonds. The predicted molar refractivity (Wildman–Crippen MR) is 86.7 cm³/mol. The molecule has 0 radical (unpaired) electrons. The Bertz CT molecular complexity index is 534. The summed E-state index contributed by atoms with van der Waals surface area (Å²) in [5, 5.41) is 12.0. The van der Waals surface area contributed by atoms with Gasteiger partial charge in [0.2, 0.25) is 0 Å². The second-order valence-electron chi connectivity index (χ2n) is 7.73. The topological polar surface area (TPSA) is 20.2 Å². The molecule has 4 rings (SSSR count). The smallest absolute Gasteiger partial charge is 0.0811 e. The van der Waals surface area contributed by atoms with E-state index < -0.39 is 5.60 Å². The molecule has 1 heteroatoms. The van der Waals surface area contributed by atoms with Gasteiger partial charge in [-0.25, -0.2) is 0 Å². The van der Waals surface area contributed by atoms with Gasteiger partial charge in [-0.3, -0.25) is 0 Å². The molecule has 5 atom stereocenters. The number of fused-ring (bicyclic) bond motifs is 1. The second kappa shape index (κ2) is 4.23. The maximum Gasteiger partial charge on any atom is 0.0811 e. The number of allylic oxidation sites excluding steroid dienone is 5. The summed E-state index contributed by atoms with van der Waals surface area (Å²) in [6.07, 6.45) is 19.6. The van der Waals surface area contributed by atoms with Crippen molar-refractivity contribution in [2.45, 2.75) is 44.1 Å². The molecule has 0 heterocycles. The lowest BCUT2D eigenvalue weighted by Crippen LogP contribution is -2.57. The Hall–Kier alpha value is -1.08. The zero-order valence-corrected chi connectivity index (χ0v) is 12.8. The first-order chi connectivity index (χ1) is 10.1. The highest BCUT2D eigenvalue weighted by Crippen LogP contribution is 2.76. The molecular formula is C20H26O. The Morgan fingerprint density at radius 3 is 2.29 bits per heavy atom. The van der Waals surface area contributed by atoms with Crippen LogP contribution in [-0.4, -0.2) is 10.7 Å². The minimum atomic E-state index is -0.570. The summed E-state index contributed by atoms with van der Waals surface area (Å²) in [4.78, 5) is 0. The van der Waals surface area contributed by atoms with Gasteiger partial charge < -0.3 is 5.11 Å². The summed E-state index contributed by atoms with van der Waals surface area (Å²) in [5.74, 6) is 1.51. The number of rotatable bonds is 2. The summed E-state index contributed by atoms with van der Waals surface area (Å²) in [5.41, 5.74) is -0.515. The van der Waals surface area contributed by atoms with Crippen LogP contribution in [0.1, 0.15) is 38.5 Å². The van der Waals surface area contributed by atoms with E-state index in [1.807, 2.05) is 0 Å².